The van der Waals surface area contributed by atoms with Crippen molar-refractivity contribution in [1.82, 2.24) is 5.32 Å². The number of piperidine rings is 1. The summed E-state index contributed by atoms with van der Waals surface area (Å²) in [7, 11) is 1.60. The zero-order valence-corrected chi connectivity index (χ0v) is 11.9. The third kappa shape index (κ3) is 2.48. The van der Waals surface area contributed by atoms with Crippen molar-refractivity contribution in [3.8, 4) is 5.75 Å². The fourth-order valence-corrected chi connectivity index (χ4v) is 3.04. The summed E-state index contributed by atoms with van der Waals surface area (Å²) in [6.45, 7) is 4.37. The van der Waals surface area contributed by atoms with Crippen LogP contribution in [0.4, 0.5) is 0 Å². The molecule has 1 amide bonds. The second-order valence-corrected chi connectivity index (χ2v) is 5.18. The van der Waals surface area contributed by atoms with E-state index in [0.29, 0.717) is 13.0 Å². The van der Waals surface area contributed by atoms with Crippen LogP contribution < -0.4 is 10.1 Å². The lowest BCUT2D eigenvalue weighted by Gasteiger charge is -2.31. The highest BCUT2D eigenvalue weighted by Gasteiger charge is 2.39. The molecule has 1 heterocycles. The molecule has 20 heavy (non-hydrogen) atoms. The minimum absolute atomic E-state index is 0.285. The average molecular weight is 277 g/mol. The van der Waals surface area contributed by atoms with Crippen molar-refractivity contribution in [3.05, 3.63) is 28.8 Å². The van der Waals surface area contributed by atoms with Gasteiger partial charge in [-0.05, 0) is 49.1 Å². The molecule has 5 nitrogen and oxygen atoms in total. The number of aliphatic carboxylic acids is 1. The number of nitrogens with one attached hydrogen (secondary N) is 1. The smallest absolute Gasteiger partial charge is 0.316 e. The summed E-state index contributed by atoms with van der Waals surface area (Å²) in [5, 5.41) is 12.0. The van der Waals surface area contributed by atoms with Gasteiger partial charge in [0.15, 0.2) is 0 Å². The van der Waals surface area contributed by atoms with E-state index in [1.54, 1.807) is 7.11 Å². The van der Waals surface area contributed by atoms with Gasteiger partial charge in [-0.3, -0.25) is 9.59 Å². The molecule has 2 atom stereocenters. The Morgan fingerprint density at radius 3 is 2.45 bits per heavy atom. The molecule has 0 aliphatic carbocycles. The van der Waals surface area contributed by atoms with Crippen LogP contribution >= 0.6 is 0 Å². The van der Waals surface area contributed by atoms with Gasteiger partial charge in [0.1, 0.15) is 11.7 Å². The normalized spacial score (nSPS) is 22.2. The molecule has 1 saturated heterocycles. The second-order valence-electron chi connectivity index (χ2n) is 5.18. The van der Waals surface area contributed by atoms with E-state index in [1.807, 2.05) is 26.0 Å². The molecule has 1 fully saturated rings. The number of hydrogen-bond acceptors (Lipinski definition) is 3. The number of carboxylic acid groups (broad SMARTS) is 1. The molecule has 2 rings (SSSR count). The summed E-state index contributed by atoms with van der Waals surface area (Å²) in [5.41, 5.74) is 2.88. The van der Waals surface area contributed by atoms with Crippen molar-refractivity contribution in [2.45, 2.75) is 26.2 Å². The lowest BCUT2D eigenvalue weighted by atomic mass is 9.77. The minimum Gasteiger partial charge on any atom is -0.497 e. The van der Waals surface area contributed by atoms with Crippen molar-refractivity contribution >= 4 is 11.9 Å². The zero-order chi connectivity index (χ0) is 14.9. The molecule has 1 aliphatic rings. The fourth-order valence-electron chi connectivity index (χ4n) is 3.04. The number of carbonyl (C=O) groups excluding carboxylic acids is 1. The van der Waals surface area contributed by atoms with Gasteiger partial charge < -0.3 is 15.2 Å². The third-order valence-electron chi connectivity index (χ3n) is 3.88. The van der Waals surface area contributed by atoms with Crippen molar-refractivity contribution < 1.29 is 19.4 Å². The average Bonchev–Trinajstić information content (AvgIpc) is 2.37. The van der Waals surface area contributed by atoms with Crippen molar-refractivity contribution in [2.24, 2.45) is 5.92 Å². The molecule has 108 valence electrons. The first-order valence-corrected chi connectivity index (χ1v) is 6.61. The monoisotopic (exact) mass is 277 g/mol. The summed E-state index contributed by atoms with van der Waals surface area (Å²) >= 11 is 0. The van der Waals surface area contributed by atoms with Gasteiger partial charge >= 0.3 is 5.97 Å². The van der Waals surface area contributed by atoms with E-state index >= 15 is 0 Å². The number of methoxy groups -OCH3 is 1. The van der Waals surface area contributed by atoms with E-state index < -0.39 is 17.8 Å². The number of amides is 1. The molecule has 0 saturated carbocycles. The molecule has 0 aromatic heterocycles. The predicted octanol–water partition coefficient (Wildman–Crippen LogP) is 1.62. The van der Waals surface area contributed by atoms with Crippen molar-refractivity contribution in [3.63, 3.8) is 0 Å². The number of rotatable bonds is 3. The Hall–Kier alpha value is -2.04. The van der Waals surface area contributed by atoms with Crippen LogP contribution in [-0.4, -0.2) is 30.6 Å². The Morgan fingerprint density at radius 1 is 1.35 bits per heavy atom. The van der Waals surface area contributed by atoms with E-state index in [1.165, 1.54) is 0 Å². The van der Waals surface area contributed by atoms with Gasteiger partial charge in [-0.2, -0.15) is 0 Å². The van der Waals surface area contributed by atoms with E-state index in [2.05, 4.69) is 5.32 Å². The second kappa shape index (κ2) is 5.53. The SMILES string of the molecule is COc1cc(C)c(C2CCNC(=O)C2C(=O)O)c(C)c1. The third-order valence-corrected chi connectivity index (χ3v) is 3.88. The Bertz CT molecular complexity index is 530. The van der Waals surface area contributed by atoms with E-state index in [0.717, 1.165) is 22.4 Å². The molecule has 5 heteroatoms. The summed E-state index contributed by atoms with van der Waals surface area (Å²) < 4.78 is 5.22. The first-order valence-electron chi connectivity index (χ1n) is 6.61. The first-order chi connectivity index (χ1) is 9.45. The van der Waals surface area contributed by atoms with E-state index in [-0.39, 0.29) is 5.92 Å². The predicted molar refractivity (Wildman–Crippen MR) is 74.0 cm³/mol. The number of aryl methyl sites for hydroxylation is 2. The number of hydrogen-bond donors (Lipinski definition) is 2. The highest BCUT2D eigenvalue weighted by atomic mass is 16.5. The molecule has 2 unspecified atom stereocenters. The zero-order valence-electron chi connectivity index (χ0n) is 11.9. The standard InChI is InChI=1S/C15H19NO4/c1-8-6-10(20-3)7-9(2)12(8)11-4-5-16-14(17)13(11)15(18)19/h6-7,11,13H,4-5H2,1-3H3,(H,16,17)(H,18,19). The van der Waals surface area contributed by atoms with Gasteiger partial charge in [0, 0.05) is 12.5 Å². The van der Waals surface area contributed by atoms with Gasteiger partial charge in [0.05, 0.1) is 7.11 Å². The van der Waals surface area contributed by atoms with E-state index in [9.17, 15) is 14.7 Å². The first kappa shape index (κ1) is 14.4. The lowest BCUT2D eigenvalue weighted by molar-refractivity contribution is -0.149. The maximum atomic E-state index is 11.8. The van der Waals surface area contributed by atoms with Crippen LogP contribution in [0.3, 0.4) is 0 Å². The number of carbonyl (C=O) groups is 2. The Kier molecular flexibility index (Phi) is 3.97. The summed E-state index contributed by atoms with van der Waals surface area (Å²) in [6.07, 6.45) is 0.636. The molecular formula is C15H19NO4. The van der Waals surface area contributed by atoms with Gasteiger partial charge in [-0.25, -0.2) is 0 Å². The van der Waals surface area contributed by atoms with Gasteiger partial charge in [-0.1, -0.05) is 0 Å². The fraction of sp³-hybridized carbons (Fsp3) is 0.467. The summed E-state index contributed by atoms with van der Waals surface area (Å²) in [5.74, 6) is -2.03. The van der Waals surface area contributed by atoms with Crippen molar-refractivity contribution in [2.75, 3.05) is 13.7 Å². The quantitative estimate of drug-likeness (QED) is 0.823. The molecule has 1 aromatic rings. The topological polar surface area (TPSA) is 75.6 Å². The Morgan fingerprint density at radius 2 is 1.95 bits per heavy atom. The maximum Gasteiger partial charge on any atom is 0.316 e. The molecule has 0 bridgehead atoms. The van der Waals surface area contributed by atoms with Crippen LogP contribution in [-0.2, 0) is 9.59 Å². The lowest BCUT2D eigenvalue weighted by Crippen LogP contribution is -2.45. The largest absolute Gasteiger partial charge is 0.497 e. The minimum atomic E-state index is -1.07. The number of carboxylic acids is 1. The Balaban J connectivity index is 2.48. The van der Waals surface area contributed by atoms with Crippen molar-refractivity contribution in [1.29, 1.82) is 0 Å². The van der Waals surface area contributed by atoms with Crippen LogP contribution in [0, 0.1) is 19.8 Å². The highest BCUT2D eigenvalue weighted by molar-refractivity contribution is 5.98. The summed E-state index contributed by atoms with van der Waals surface area (Å²) in [6, 6.07) is 3.77. The number of benzene rings is 1. The van der Waals surface area contributed by atoms with Gasteiger partial charge in [0.2, 0.25) is 5.91 Å². The highest BCUT2D eigenvalue weighted by Crippen LogP contribution is 2.36. The van der Waals surface area contributed by atoms with Gasteiger partial charge in [0.25, 0.3) is 0 Å². The van der Waals surface area contributed by atoms with E-state index in [4.69, 9.17) is 4.74 Å². The van der Waals surface area contributed by atoms with Gasteiger partial charge in [-0.15, -0.1) is 0 Å². The number of ether oxygens (including phenoxy) is 1. The maximum absolute atomic E-state index is 11.8. The van der Waals surface area contributed by atoms with Crippen LogP contribution in [0.5, 0.6) is 5.75 Å². The Labute approximate surface area is 117 Å². The summed E-state index contributed by atoms with van der Waals surface area (Å²) in [4.78, 5) is 23.3. The molecular weight excluding hydrogens is 258 g/mol. The van der Waals surface area contributed by atoms with Crippen LogP contribution in [0.15, 0.2) is 12.1 Å². The molecule has 1 aliphatic heterocycles. The molecule has 1 aromatic carbocycles. The van der Waals surface area contributed by atoms with Crippen LogP contribution in [0.25, 0.3) is 0 Å². The van der Waals surface area contributed by atoms with Crippen LogP contribution in [0.1, 0.15) is 29.0 Å². The molecule has 2 N–H and O–H groups in total. The molecule has 0 spiro atoms. The molecule has 0 radical (unpaired) electrons. The van der Waals surface area contributed by atoms with Crippen LogP contribution in [0.2, 0.25) is 0 Å².